The summed E-state index contributed by atoms with van der Waals surface area (Å²) in [6.45, 7) is 2.26. The first-order valence-electron chi connectivity index (χ1n) is 13.5. The van der Waals surface area contributed by atoms with E-state index >= 15 is 0 Å². The van der Waals surface area contributed by atoms with E-state index in [0.717, 1.165) is 12.0 Å². The Morgan fingerprint density at radius 3 is 1.54 bits per heavy atom. The van der Waals surface area contributed by atoms with Crippen molar-refractivity contribution in [2.24, 2.45) is 0 Å². The van der Waals surface area contributed by atoms with Gasteiger partial charge in [-0.05, 0) is 24.0 Å². The lowest BCUT2D eigenvalue weighted by molar-refractivity contribution is 0.111. The molecule has 1 rings (SSSR count). The van der Waals surface area contributed by atoms with Crippen LogP contribution in [0.15, 0.2) is 24.3 Å². The molecule has 0 atom stereocenters. The number of phosphoric acid groups is 1. The molecule has 0 heterocycles. The molecular weight excluding hydrogens is 459 g/mol. The summed E-state index contributed by atoms with van der Waals surface area (Å²) in [6, 6.07) is 11.9. The Morgan fingerprint density at radius 1 is 0.657 bits per heavy atom. The minimum atomic E-state index is -3.80. The molecule has 7 heteroatoms. The molecule has 1 aromatic rings. The summed E-state index contributed by atoms with van der Waals surface area (Å²) < 4.78 is 28.4. The van der Waals surface area contributed by atoms with E-state index < -0.39 is 7.82 Å². The number of phosphoric ester groups is 1. The molecule has 0 unspecified atom stereocenters. The van der Waals surface area contributed by atoms with E-state index in [9.17, 15) is 4.57 Å². The van der Waals surface area contributed by atoms with Gasteiger partial charge in [0.15, 0.2) is 0 Å². The number of hydrogen-bond acceptors (Lipinski definition) is 6. The van der Waals surface area contributed by atoms with Crippen LogP contribution in [0.4, 0.5) is 0 Å². The third-order valence-corrected chi connectivity index (χ3v) is 7.35. The monoisotopic (exact) mass is 504 g/mol. The van der Waals surface area contributed by atoms with Crippen molar-refractivity contribution in [2.45, 2.75) is 116 Å². The number of unbranched alkanes of at least 4 members (excludes halogenated alkanes) is 12. The summed E-state index contributed by atoms with van der Waals surface area (Å²) in [4.78, 5) is 0. The summed E-state index contributed by atoms with van der Waals surface area (Å²) in [5, 5.41) is 17.3. The van der Waals surface area contributed by atoms with Gasteiger partial charge >= 0.3 is 7.82 Å². The maximum absolute atomic E-state index is 12.7. The topological polar surface area (TPSA) is 92.3 Å². The number of hydrogen-bond donors (Lipinski definition) is 0. The third-order valence-electron chi connectivity index (χ3n) is 5.91. The molecule has 1 aromatic carbocycles. The highest BCUT2D eigenvalue weighted by Crippen LogP contribution is 2.50. The van der Waals surface area contributed by atoms with Crippen molar-refractivity contribution in [1.82, 2.24) is 0 Å². The minimum Gasteiger partial charge on any atom is -0.286 e. The van der Waals surface area contributed by atoms with Crippen LogP contribution >= 0.6 is 7.82 Å². The van der Waals surface area contributed by atoms with Gasteiger partial charge in [-0.15, -0.1) is 0 Å². The summed E-state index contributed by atoms with van der Waals surface area (Å²) in [5.74, 6) is 0. The molecular formula is C28H45N2O4P. The van der Waals surface area contributed by atoms with Crippen molar-refractivity contribution in [3.8, 4) is 12.1 Å². The van der Waals surface area contributed by atoms with Crippen LogP contribution < -0.4 is 0 Å². The average Bonchev–Trinajstić information content (AvgIpc) is 2.87. The Kier molecular flexibility index (Phi) is 19.3. The van der Waals surface area contributed by atoms with Crippen LogP contribution in [0.1, 0.15) is 114 Å². The molecule has 6 nitrogen and oxygen atoms in total. The third kappa shape index (κ3) is 17.4. The normalized spacial score (nSPS) is 11.3. The van der Waals surface area contributed by atoms with Crippen LogP contribution in [0.3, 0.4) is 0 Å². The lowest BCUT2D eigenvalue weighted by Gasteiger charge is -2.17. The fraction of sp³-hybridized carbons (Fsp3) is 0.714. The molecule has 0 N–H and O–H groups in total. The zero-order valence-corrected chi connectivity index (χ0v) is 22.6. The van der Waals surface area contributed by atoms with Crippen molar-refractivity contribution in [2.75, 3.05) is 13.2 Å². The smallest absolute Gasteiger partial charge is 0.286 e. The molecule has 0 aromatic heterocycles. The van der Waals surface area contributed by atoms with Gasteiger partial charge in [0.25, 0.3) is 0 Å². The largest absolute Gasteiger partial charge is 0.475 e. The second kappa shape index (κ2) is 21.6. The molecule has 35 heavy (non-hydrogen) atoms. The highest BCUT2D eigenvalue weighted by molar-refractivity contribution is 7.48. The van der Waals surface area contributed by atoms with E-state index in [1.165, 1.54) is 89.0 Å². The fourth-order valence-electron chi connectivity index (χ4n) is 3.82. The molecule has 0 fully saturated rings. The van der Waals surface area contributed by atoms with Gasteiger partial charge in [0, 0.05) is 0 Å². The first-order chi connectivity index (χ1) is 17.1. The van der Waals surface area contributed by atoms with Crippen LogP contribution in [-0.4, -0.2) is 13.2 Å². The van der Waals surface area contributed by atoms with Crippen molar-refractivity contribution in [1.29, 1.82) is 10.5 Å². The lowest BCUT2D eigenvalue weighted by Crippen LogP contribution is -2.03. The molecule has 0 aliphatic carbocycles. The Morgan fingerprint density at radius 2 is 1.09 bits per heavy atom. The van der Waals surface area contributed by atoms with Gasteiger partial charge < -0.3 is 0 Å². The molecule has 0 radical (unpaired) electrons. The molecule has 0 saturated heterocycles. The van der Waals surface area contributed by atoms with Gasteiger partial charge in [-0.2, -0.15) is 10.5 Å². The van der Waals surface area contributed by atoms with Gasteiger partial charge in [0.05, 0.1) is 44.8 Å². The highest BCUT2D eigenvalue weighted by atomic mass is 31.2. The van der Waals surface area contributed by atoms with Crippen molar-refractivity contribution < 1.29 is 18.1 Å². The average molecular weight is 505 g/mol. The van der Waals surface area contributed by atoms with E-state index in [4.69, 9.17) is 24.1 Å². The van der Waals surface area contributed by atoms with E-state index in [1.807, 2.05) is 24.3 Å². The van der Waals surface area contributed by atoms with Crippen molar-refractivity contribution in [3.05, 3.63) is 35.4 Å². The molecule has 0 saturated carbocycles. The Balaban J connectivity index is 2.17. The van der Waals surface area contributed by atoms with E-state index in [1.54, 1.807) is 0 Å². The molecule has 0 aliphatic rings. The van der Waals surface area contributed by atoms with E-state index in [2.05, 4.69) is 19.1 Å². The van der Waals surface area contributed by atoms with Crippen LogP contribution in [0.25, 0.3) is 0 Å². The predicted octanol–water partition coefficient (Wildman–Crippen LogP) is 8.81. The standard InChI is InChI=1S/C28H45N2O4P/c1-2-3-4-5-6-7-8-9-10-11-12-13-14-17-27-18-20-28(21-19-27)26-34-35(31,32-24-15-22-29)33-25-16-23-30/h18-21H,2-17,24-26H2,1H3. The number of nitriles is 2. The van der Waals surface area contributed by atoms with E-state index in [0.29, 0.717) is 0 Å². The molecule has 0 aliphatic heterocycles. The number of aryl methyl sites for hydroxylation is 1. The molecule has 0 bridgehead atoms. The second-order valence-electron chi connectivity index (χ2n) is 9.01. The second-order valence-corrected chi connectivity index (χ2v) is 10.7. The zero-order valence-electron chi connectivity index (χ0n) is 21.7. The predicted molar refractivity (Wildman–Crippen MR) is 141 cm³/mol. The Hall–Kier alpha value is -1.69. The Labute approximate surface area is 213 Å². The van der Waals surface area contributed by atoms with Gasteiger partial charge in [-0.1, -0.05) is 108 Å². The number of rotatable bonds is 23. The first-order valence-corrected chi connectivity index (χ1v) is 14.9. The lowest BCUT2D eigenvalue weighted by atomic mass is 10.0. The minimum absolute atomic E-state index is 0.0433. The van der Waals surface area contributed by atoms with Crippen LogP contribution in [0.2, 0.25) is 0 Å². The van der Waals surface area contributed by atoms with Crippen molar-refractivity contribution in [3.63, 3.8) is 0 Å². The highest BCUT2D eigenvalue weighted by Gasteiger charge is 2.26. The van der Waals surface area contributed by atoms with Crippen molar-refractivity contribution >= 4 is 7.82 Å². The number of nitrogens with zero attached hydrogens (tertiary/aromatic N) is 2. The van der Waals surface area contributed by atoms with E-state index in [-0.39, 0.29) is 32.7 Å². The van der Waals surface area contributed by atoms with Crippen LogP contribution in [0.5, 0.6) is 0 Å². The molecule has 196 valence electrons. The summed E-state index contributed by atoms with van der Waals surface area (Å²) >= 11 is 0. The SMILES string of the molecule is CCCCCCCCCCCCCCCc1ccc(COP(=O)(OCCC#N)OCCC#N)cc1. The van der Waals surface area contributed by atoms with Crippen LogP contribution in [0, 0.1) is 22.7 Å². The molecule has 0 spiro atoms. The van der Waals surface area contributed by atoms with Gasteiger partial charge in [-0.3, -0.25) is 13.6 Å². The number of benzene rings is 1. The quantitative estimate of drug-likeness (QED) is 0.109. The Bertz CT molecular complexity index is 747. The van der Waals surface area contributed by atoms with Crippen LogP contribution in [-0.2, 0) is 31.2 Å². The van der Waals surface area contributed by atoms with Gasteiger partial charge in [0.2, 0.25) is 0 Å². The van der Waals surface area contributed by atoms with Gasteiger partial charge in [-0.25, -0.2) is 4.57 Å². The summed E-state index contributed by atoms with van der Waals surface area (Å²) in [6.07, 6.45) is 18.9. The fourth-order valence-corrected chi connectivity index (χ4v) is 4.98. The first kappa shape index (κ1) is 31.3. The maximum atomic E-state index is 12.7. The summed E-state index contributed by atoms with van der Waals surface area (Å²) in [7, 11) is -3.80. The van der Waals surface area contributed by atoms with Gasteiger partial charge in [0.1, 0.15) is 0 Å². The maximum Gasteiger partial charge on any atom is 0.475 e. The zero-order chi connectivity index (χ0) is 25.5. The summed E-state index contributed by atoms with van der Waals surface area (Å²) in [5.41, 5.74) is 2.16. The molecule has 0 amide bonds.